The van der Waals surface area contributed by atoms with E-state index in [0.717, 1.165) is 12.8 Å². The third-order valence-electron chi connectivity index (χ3n) is 1.94. The fourth-order valence-corrected chi connectivity index (χ4v) is 1.40. The average molecular weight is 160 g/mol. The zero-order chi connectivity index (χ0) is 8.27. The van der Waals surface area contributed by atoms with Crippen LogP contribution in [0, 0.1) is 0 Å². The van der Waals surface area contributed by atoms with Crippen molar-refractivity contribution in [2.24, 2.45) is 0 Å². The van der Waals surface area contributed by atoms with Gasteiger partial charge < -0.3 is 4.74 Å². The minimum Gasteiger partial charge on any atom is -0.459 e. The van der Waals surface area contributed by atoms with E-state index in [4.69, 9.17) is 4.74 Å². The Bertz CT molecular complexity index is 147. The molecule has 1 rings (SSSR count). The molecule has 0 unspecified atom stereocenters. The molecule has 1 fully saturated rings. The number of rotatable bonds is 1. The first kappa shape index (κ1) is 8.50. The molecule has 1 aliphatic carbocycles. The quantitative estimate of drug-likeness (QED) is 0.547. The lowest BCUT2D eigenvalue weighted by Crippen LogP contribution is -2.30. The van der Waals surface area contributed by atoms with Gasteiger partial charge in [-0.3, -0.25) is 4.79 Å². The predicted octanol–water partition coefficient (Wildman–Crippen LogP) is 1.83. The normalized spacial score (nSPS) is 31.5. The van der Waals surface area contributed by atoms with E-state index in [9.17, 15) is 9.18 Å². The van der Waals surface area contributed by atoms with E-state index in [0.29, 0.717) is 12.8 Å². The minimum atomic E-state index is -0.937. The van der Waals surface area contributed by atoms with Crippen LogP contribution in [0.1, 0.15) is 32.6 Å². The van der Waals surface area contributed by atoms with Crippen LogP contribution in [0.15, 0.2) is 0 Å². The number of halogens is 1. The third kappa shape index (κ3) is 2.48. The summed E-state index contributed by atoms with van der Waals surface area (Å²) in [5.41, 5.74) is 0. The number of hydrogen-bond acceptors (Lipinski definition) is 2. The van der Waals surface area contributed by atoms with Gasteiger partial charge in [-0.2, -0.15) is 0 Å². The number of carbonyl (C=O) groups excluding carboxylic acids is 1. The SMILES string of the molecule is CC(=O)O[C@H]1CCCC[C@@H]1F. The van der Waals surface area contributed by atoms with Gasteiger partial charge in [0.15, 0.2) is 0 Å². The van der Waals surface area contributed by atoms with Crippen molar-refractivity contribution in [2.75, 3.05) is 0 Å². The predicted molar refractivity (Wildman–Crippen MR) is 38.9 cm³/mol. The number of ether oxygens (including phenoxy) is 1. The maximum Gasteiger partial charge on any atom is 0.303 e. The van der Waals surface area contributed by atoms with Crippen molar-refractivity contribution in [3.63, 3.8) is 0 Å². The van der Waals surface area contributed by atoms with E-state index >= 15 is 0 Å². The van der Waals surface area contributed by atoms with Gasteiger partial charge >= 0.3 is 5.97 Å². The van der Waals surface area contributed by atoms with Crippen molar-refractivity contribution >= 4 is 5.97 Å². The molecule has 0 aromatic carbocycles. The second kappa shape index (κ2) is 3.69. The Hall–Kier alpha value is -0.600. The first-order chi connectivity index (χ1) is 5.20. The van der Waals surface area contributed by atoms with Crippen LogP contribution in [0.25, 0.3) is 0 Å². The summed E-state index contributed by atoms with van der Waals surface area (Å²) in [6.45, 7) is 1.32. The molecule has 0 amide bonds. The summed E-state index contributed by atoms with van der Waals surface area (Å²) in [6, 6.07) is 0. The maximum absolute atomic E-state index is 12.9. The topological polar surface area (TPSA) is 26.3 Å². The van der Waals surface area contributed by atoms with Gasteiger partial charge in [-0.25, -0.2) is 4.39 Å². The summed E-state index contributed by atoms with van der Waals surface area (Å²) in [5, 5.41) is 0. The zero-order valence-electron chi connectivity index (χ0n) is 6.68. The Morgan fingerprint density at radius 2 is 2.09 bits per heavy atom. The van der Waals surface area contributed by atoms with E-state index in [2.05, 4.69) is 0 Å². The molecule has 0 radical (unpaired) electrons. The molecule has 0 bridgehead atoms. The molecule has 2 atom stereocenters. The van der Waals surface area contributed by atoms with E-state index in [-0.39, 0.29) is 5.97 Å². The highest BCUT2D eigenvalue weighted by molar-refractivity contribution is 5.66. The van der Waals surface area contributed by atoms with Gasteiger partial charge in [-0.15, -0.1) is 0 Å². The molecule has 0 aromatic rings. The van der Waals surface area contributed by atoms with Crippen LogP contribution in [0.5, 0.6) is 0 Å². The highest BCUT2D eigenvalue weighted by atomic mass is 19.1. The summed E-state index contributed by atoms with van der Waals surface area (Å²) in [4.78, 5) is 10.5. The average Bonchev–Trinajstić information content (AvgIpc) is 1.93. The molecule has 0 aliphatic heterocycles. The minimum absolute atomic E-state index is 0.375. The number of hydrogen-bond donors (Lipinski definition) is 0. The number of esters is 1. The molecule has 1 aliphatic rings. The van der Waals surface area contributed by atoms with E-state index in [1.165, 1.54) is 6.92 Å². The van der Waals surface area contributed by atoms with Crippen LogP contribution in [0.3, 0.4) is 0 Å². The van der Waals surface area contributed by atoms with Gasteiger partial charge in [0.05, 0.1) is 0 Å². The fourth-order valence-electron chi connectivity index (χ4n) is 1.40. The molecule has 2 nitrogen and oxygen atoms in total. The Morgan fingerprint density at radius 3 is 2.64 bits per heavy atom. The lowest BCUT2D eigenvalue weighted by molar-refractivity contribution is -0.151. The molecule has 3 heteroatoms. The highest BCUT2D eigenvalue weighted by Crippen LogP contribution is 2.23. The molecule has 0 heterocycles. The molecule has 1 saturated carbocycles. The van der Waals surface area contributed by atoms with E-state index in [1.54, 1.807) is 0 Å². The monoisotopic (exact) mass is 160 g/mol. The smallest absolute Gasteiger partial charge is 0.303 e. The first-order valence-electron chi connectivity index (χ1n) is 4.01. The van der Waals surface area contributed by atoms with Gasteiger partial charge in [-0.1, -0.05) is 6.42 Å². The summed E-state index contributed by atoms with van der Waals surface area (Å²) in [6.07, 6.45) is 1.70. The molecule has 0 aromatic heterocycles. The Morgan fingerprint density at radius 1 is 1.45 bits per heavy atom. The first-order valence-corrected chi connectivity index (χ1v) is 4.01. The van der Waals surface area contributed by atoms with Crippen molar-refractivity contribution in [2.45, 2.75) is 44.9 Å². The number of alkyl halides is 1. The molecule has 0 N–H and O–H groups in total. The standard InChI is InChI=1S/C8H13FO2/c1-6(10)11-8-5-3-2-4-7(8)9/h7-8H,2-5H2,1H3/t7-,8-/m0/s1. The van der Waals surface area contributed by atoms with Crippen LogP contribution in [-0.4, -0.2) is 18.2 Å². The molecular formula is C8H13FO2. The van der Waals surface area contributed by atoms with E-state index < -0.39 is 12.3 Å². The van der Waals surface area contributed by atoms with Gasteiger partial charge in [0.25, 0.3) is 0 Å². The van der Waals surface area contributed by atoms with Crippen LogP contribution < -0.4 is 0 Å². The summed E-state index contributed by atoms with van der Waals surface area (Å²) in [5.74, 6) is -0.375. The second-order valence-electron chi connectivity index (χ2n) is 2.95. The molecular weight excluding hydrogens is 147 g/mol. The van der Waals surface area contributed by atoms with Crippen molar-refractivity contribution in [1.82, 2.24) is 0 Å². The lowest BCUT2D eigenvalue weighted by Gasteiger charge is -2.24. The molecule has 11 heavy (non-hydrogen) atoms. The van der Waals surface area contributed by atoms with Crippen LogP contribution in [0.2, 0.25) is 0 Å². The van der Waals surface area contributed by atoms with Gasteiger partial charge in [-0.05, 0) is 19.3 Å². The third-order valence-corrected chi connectivity index (χ3v) is 1.94. The van der Waals surface area contributed by atoms with Gasteiger partial charge in [0.2, 0.25) is 0 Å². The Balaban J connectivity index is 2.35. The molecule has 64 valence electrons. The largest absolute Gasteiger partial charge is 0.459 e. The fraction of sp³-hybridized carbons (Fsp3) is 0.875. The summed E-state index contributed by atoms with van der Waals surface area (Å²) >= 11 is 0. The van der Waals surface area contributed by atoms with Crippen LogP contribution in [0.4, 0.5) is 4.39 Å². The van der Waals surface area contributed by atoms with Crippen LogP contribution in [-0.2, 0) is 9.53 Å². The number of carbonyl (C=O) groups is 1. The molecule has 0 spiro atoms. The van der Waals surface area contributed by atoms with Crippen LogP contribution >= 0.6 is 0 Å². The van der Waals surface area contributed by atoms with Gasteiger partial charge in [0, 0.05) is 6.92 Å². The van der Waals surface area contributed by atoms with Gasteiger partial charge in [0.1, 0.15) is 12.3 Å². The van der Waals surface area contributed by atoms with E-state index in [1.807, 2.05) is 0 Å². The Kier molecular flexibility index (Phi) is 2.85. The summed E-state index contributed by atoms with van der Waals surface area (Å²) in [7, 11) is 0. The highest BCUT2D eigenvalue weighted by Gasteiger charge is 2.26. The summed E-state index contributed by atoms with van der Waals surface area (Å²) < 4.78 is 17.7. The molecule has 0 saturated heterocycles. The lowest BCUT2D eigenvalue weighted by atomic mass is 9.96. The van der Waals surface area contributed by atoms with Crippen molar-refractivity contribution in [1.29, 1.82) is 0 Å². The van der Waals surface area contributed by atoms with Crippen molar-refractivity contribution in [3.05, 3.63) is 0 Å². The zero-order valence-corrected chi connectivity index (χ0v) is 6.68. The maximum atomic E-state index is 12.9. The second-order valence-corrected chi connectivity index (χ2v) is 2.95. The van der Waals surface area contributed by atoms with Crippen molar-refractivity contribution < 1.29 is 13.9 Å². The van der Waals surface area contributed by atoms with Crippen molar-refractivity contribution in [3.8, 4) is 0 Å². The Labute approximate surface area is 65.7 Å².